The van der Waals surface area contributed by atoms with Crippen LogP contribution in [0.3, 0.4) is 0 Å². The lowest BCUT2D eigenvalue weighted by atomic mass is 9.98. The first-order valence-corrected chi connectivity index (χ1v) is 9.94. The van der Waals surface area contributed by atoms with Crippen molar-refractivity contribution in [2.24, 2.45) is 0 Å². The molecule has 2 aromatic carbocycles. The van der Waals surface area contributed by atoms with Crippen LogP contribution in [0, 0.1) is 0 Å². The molecule has 0 bridgehead atoms. The molecule has 1 fully saturated rings. The average molecular weight is 391 g/mol. The van der Waals surface area contributed by atoms with Crippen molar-refractivity contribution in [3.63, 3.8) is 0 Å². The monoisotopic (exact) mass is 391 g/mol. The van der Waals surface area contributed by atoms with Gasteiger partial charge in [0, 0.05) is 33.0 Å². The van der Waals surface area contributed by atoms with Gasteiger partial charge in [-0.15, -0.1) is 0 Å². The van der Waals surface area contributed by atoms with Crippen LogP contribution in [0.1, 0.15) is 42.1 Å². The molecule has 0 spiro atoms. The molecule has 1 unspecified atom stereocenters. The Morgan fingerprint density at radius 2 is 1.76 bits per heavy atom. The van der Waals surface area contributed by atoms with Crippen LogP contribution >= 0.6 is 0 Å². The lowest BCUT2D eigenvalue weighted by Crippen LogP contribution is -2.62. The molecular weight excluding hydrogens is 366 g/mol. The predicted octanol–water partition coefficient (Wildman–Crippen LogP) is 3.03. The Morgan fingerprint density at radius 1 is 1.07 bits per heavy atom. The normalized spacial score (nSPS) is 20.5. The van der Waals surface area contributed by atoms with E-state index in [1.165, 1.54) is 0 Å². The summed E-state index contributed by atoms with van der Waals surface area (Å²) in [6.07, 6.45) is 1.19. The highest BCUT2D eigenvalue weighted by Gasteiger charge is 2.52. The van der Waals surface area contributed by atoms with E-state index in [1.807, 2.05) is 49.4 Å². The van der Waals surface area contributed by atoms with E-state index in [0.717, 1.165) is 5.56 Å². The van der Waals surface area contributed by atoms with Crippen molar-refractivity contribution >= 4 is 23.4 Å². The summed E-state index contributed by atoms with van der Waals surface area (Å²) in [6.45, 7) is 2.73. The van der Waals surface area contributed by atoms with Crippen molar-refractivity contribution in [3.05, 3.63) is 65.7 Å². The van der Waals surface area contributed by atoms with Gasteiger partial charge in [-0.3, -0.25) is 19.3 Å². The molecule has 2 aliphatic rings. The molecule has 6 nitrogen and oxygen atoms in total. The minimum absolute atomic E-state index is 0.0185. The van der Waals surface area contributed by atoms with Crippen molar-refractivity contribution < 1.29 is 14.4 Å². The van der Waals surface area contributed by atoms with E-state index in [9.17, 15) is 14.4 Å². The number of rotatable bonds is 5. The van der Waals surface area contributed by atoms with Crippen molar-refractivity contribution in [1.29, 1.82) is 0 Å². The number of benzene rings is 2. The van der Waals surface area contributed by atoms with Gasteiger partial charge in [-0.25, -0.2) is 0 Å². The Kier molecular flexibility index (Phi) is 4.86. The van der Waals surface area contributed by atoms with E-state index in [1.54, 1.807) is 33.9 Å². The van der Waals surface area contributed by atoms with Gasteiger partial charge in [-0.05, 0) is 31.0 Å². The van der Waals surface area contributed by atoms with E-state index < -0.39 is 5.66 Å². The van der Waals surface area contributed by atoms with Crippen LogP contribution in [0.25, 0.3) is 0 Å². The molecule has 6 heteroatoms. The zero-order valence-electron chi connectivity index (χ0n) is 16.8. The first-order valence-electron chi connectivity index (χ1n) is 9.94. The number of hydrogen-bond donors (Lipinski definition) is 0. The Hall–Kier alpha value is -3.15. The summed E-state index contributed by atoms with van der Waals surface area (Å²) < 4.78 is 0. The number of carbonyl (C=O) groups excluding carboxylic acids is 3. The van der Waals surface area contributed by atoms with Gasteiger partial charge < -0.3 is 9.80 Å². The highest BCUT2D eigenvalue weighted by atomic mass is 16.2. The second-order valence-electron chi connectivity index (χ2n) is 7.91. The third kappa shape index (κ3) is 3.28. The first-order chi connectivity index (χ1) is 13.9. The number of hydrogen-bond acceptors (Lipinski definition) is 3. The highest BCUT2D eigenvalue weighted by Crippen LogP contribution is 2.43. The molecular formula is C23H25N3O3. The van der Waals surface area contributed by atoms with E-state index >= 15 is 0 Å². The number of anilines is 1. The maximum atomic E-state index is 13.2. The number of amides is 3. The molecule has 29 heavy (non-hydrogen) atoms. The molecule has 2 aliphatic heterocycles. The Balaban J connectivity index is 1.52. The maximum absolute atomic E-state index is 13.2. The zero-order chi connectivity index (χ0) is 20.6. The van der Waals surface area contributed by atoms with Gasteiger partial charge in [-0.1, -0.05) is 42.5 Å². The number of carbonyl (C=O) groups is 3. The molecule has 4 rings (SSSR count). The summed E-state index contributed by atoms with van der Waals surface area (Å²) in [4.78, 5) is 43.6. The molecule has 0 radical (unpaired) electrons. The quantitative estimate of drug-likeness (QED) is 0.787. The van der Waals surface area contributed by atoms with E-state index in [0.29, 0.717) is 30.6 Å². The SMILES string of the molecule is CN(Cc1ccccc1)C(=O)CCN1C(=O)c2ccccc2N2C(=O)CCC12C. The van der Waals surface area contributed by atoms with Crippen LogP contribution in [0.2, 0.25) is 0 Å². The Labute approximate surface area is 170 Å². The van der Waals surface area contributed by atoms with E-state index in [2.05, 4.69) is 0 Å². The van der Waals surface area contributed by atoms with Crippen LogP contribution in [0.15, 0.2) is 54.6 Å². The summed E-state index contributed by atoms with van der Waals surface area (Å²) in [7, 11) is 1.77. The summed E-state index contributed by atoms with van der Waals surface area (Å²) >= 11 is 0. The van der Waals surface area contributed by atoms with Gasteiger partial charge in [0.25, 0.3) is 5.91 Å². The van der Waals surface area contributed by atoms with Crippen LogP contribution in [0.5, 0.6) is 0 Å². The average Bonchev–Trinajstić information content (AvgIpc) is 3.03. The van der Waals surface area contributed by atoms with Crippen molar-refractivity contribution in [2.45, 2.75) is 38.4 Å². The molecule has 0 saturated carbocycles. The summed E-state index contributed by atoms with van der Waals surface area (Å²) in [5, 5.41) is 0. The first kappa shape index (κ1) is 19.2. The third-order valence-corrected chi connectivity index (χ3v) is 5.98. The van der Waals surface area contributed by atoms with E-state index in [4.69, 9.17) is 0 Å². The zero-order valence-corrected chi connectivity index (χ0v) is 16.8. The molecule has 2 aromatic rings. The third-order valence-electron chi connectivity index (χ3n) is 5.98. The van der Waals surface area contributed by atoms with Gasteiger partial charge in [-0.2, -0.15) is 0 Å². The highest BCUT2D eigenvalue weighted by molar-refractivity contribution is 6.10. The second kappa shape index (κ2) is 7.35. The van der Waals surface area contributed by atoms with Crippen molar-refractivity contribution in [2.75, 3.05) is 18.5 Å². The number of nitrogens with zero attached hydrogens (tertiary/aromatic N) is 3. The lowest BCUT2D eigenvalue weighted by Gasteiger charge is -2.48. The van der Waals surface area contributed by atoms with Gasteiger partial charge in [0.05, 0.1) is 11.3 Å². The fourth-order valence-corrected chi connectivity index (χ4v) is 4.39. The van der Waals surface area contributed by atoms with Crippen LogP contribution < -0.4 is 4.90 Å². The minimum Gasteiger partial charge on any atom is -0.341 e. The van der Waals surface area contributed by atoms with Gasteiger partial charge in [0.2, 0.25) is 11.8 Å². The molecule has 0 N–H and O–H groups in total. The lowest BCUT2D eigenvalue weighted by molar-refractivity contribution is -0.130. The summed E-state index contributed by atoms with van der Waals surface area (Å²) in [5.74, 6) is -0.127. The fourth-order valence-electron chi connectivity index (χ4n) is 4.39. The molecule has 0 aliphatic carbocycles. The molecule has 3 amide bonds. The molecule has 2 heterocycles. The topological polar surface area (TPSA) is 60.9 Å². The van der Waals surface area contributed by atoms with Gasteiger partial charge >= 0.3 is 0 Å². The Bertz CT molecular complexity index is 959. The summed E-state index contributed by atoms with van der Waals surface area (Å²) in [5.41, 5.74) is 1.53. The number of para-hydroxylation sites is 1. The summed E-state index contributed by atoms with van der Waals surface area (Å²) in [6, 6.07) is 17.0. The van der Waals surface area contributed by atoms with Gasteiger partial charge in [0.15, 0.2) is 0 Å². The smallest absolute Gasteiger partial charge is 0.257 e. The van der Waals surface area contributed by atoms with Gasteiger partial charge in [0.1, 0.15) is 5.66 Å². The molecule has 1 saturated heterocycles. The standard InChI is InChI=1S/C23H25N3O3/c1-23-14-12-21(28)26(23)19-11-7-6-10-18(19)22(29)25(23)15-13-20(27)24(2)16-17-8-4-3-5-9-17/h3-11H,12-16H2,1-2H3. The van der Waals surface area contributed by atoms with Crippen LogP contribution in [0.4, 0.5) is 5.69 Å². The minimum atomic E-state index is -0.721. The Morgan fingerprint density at radius 3 is 2.52 bits per heavy atom. The van der Waals surface area contributed by atoms with Crippen LogP contribution in [-0.2, 0) is 16.1 Å². The maximum Gasteiger partial charge on any atom is 0.257 e. The predicted molar refractivity (Wildman–Crippen MR) is 110 cm³/mol. The largest absolute Gasteiger partial charge is 0.341 e. The van der Waals surface area contributed by atoms with E-state index in [-0.39, 0.29) is 30.7 Å². The molecule has 1 atom stereocenters. The molecule has 150 valence electrons. The van der Waals surface area contributed by atoms with Crippen molar-refractivity contribution in [1.82, 2.24) is 9.80 Å². The fraction of sp³-hybridized carbons (Fsp3) is 0.348. The van der Waals surface area contributed by atoms with Crippen LogP contribution in [-0.4, -0.2) is 46.8 Å². The second-order valence-corrected chi connectivity index (χ2v) is 7.91. The number of fused-ring (bicyclic) bond motifs is 3. The van der Waals surface area contributed by atoms with Crippen molar-refractivity contribution in [3.8, 4) is 0 Å². The molecule has 0 aromatic heterocycles.